The summed E-state index contributed by atoms with van der Waals surface area (Å²) >= 11 is 3.64. The van der Waals surface area contributed by atoms with Gasteiger partial charge in [0.15, 0.2) is 0 Å². The molecule has 4 rings (SSSR count). The van der Waals surface area contributed by atoms with E-state index < -0.39 is 0 Å². The van der Waals surface area contributed by atoms with Crippen molar-refractivity contribution < 1.29 is 4.74 Å². The summed E-state index contributed by atoms with van der Waals surface area (Å²) in [5.74, 6) is 0.883. The lowest BCUT2D eigenvalue weighted by atomic mass is 9.98. The molecule has 4 aromatic rings. The van der Waals surface area contributed by atoms with Crippen molar-refractivity contribution in [3.8, 4) is 16.9 Å². The molecule has 0 amide bonds. The van der Waals surface area contributed by atoms with E-state index in [1.54, 1.807) is 0 Å². The number of hydrogen-bond donors (Lipinski definition) is 0. The number of rotatable bonds is 4. The van der Waals surface area contributed by atoms with Gasteiger partial charge in [-0.3, -0.25) is 0 Å². The second-order valence-electron chi connectivity index (χ2n) is 5.94. The van der Waals surface area contributed by atoms with Crippen molar-refractivity contribution in [1.82, 2.24) is 0 Å². The zero-order valence-corrected chi connectivity index (χ0v) is 15.2. The molecule has 0 atom stereocenters. The molecule has 1 nitrogen and oxygen atoms in total. The monoisotopic (exact) mass is 388 g/mol. The molecule has 0 fully saturated rings. The van der Waals surface area contributed by atoms with Crippen molar-refractivity contribution in [1.29, 1.82) is 0 Å². The second-order valence-corrected chi connectivity index (χ2v) is 6.79. The molecule has 0 heterocycles. The van der Waals surface area contributed by atoms with Gasteiger partial charge in [0.25, 0.3) is 0 Å². The Kier molecular flexibility index (Phi) is 4.53. The number of fused-ring (bicyclic) bond motifs is 1. The Bertz CT molecular complexity index is 991. The van der Waals surface area contributed by atoms with Crippen LogP contribution in [0.15, 0.2) is 95.5 Å². The van der Waals surface area contributed by atoms with Gasteiger partial charge in [0.05, 0.1) is 0 Å². The summed E-state index contributed by atoms with van der Waals surface area (Å²) in [5.41, 5.74) is 3.59. The van der Waals surface area contributed by atoms with E-state index in [0.717, 1.165) is 10.2 Å². The van der Waals surface area contributed by atoms with Gasteiger partial charge in [-0.25, -0.2) is 0 Å². The standard InChI is InChI=1S/C23H17BrO/c24-23-15-14-20(21-8-4-5-9-22(21)23)18-10-12-19(13-11-18)25-16-17-6-2-1-3-7-17/h1-15H,16H2. The van der Waals surface area contributed by atoms with Gasteiger partial charge in [-0.1, -0.05) is 88.7 Å². The molecule has 0 aromatic heterocycles. The van der Waals surface area contributed by atoms with Crippen LogP contribution >= 0.6 is 15.9 Å². The Labute approximate surface area is 156 Å². The normalized spacial score (nSPS) is 10.8. The molecular formula is C23H17BrO. The molecule has 0 N–H and O–H groups in total. The maximum absolute atomic E-state index is 5.88. The van der Waals surface area contributed by atoms with Crippen molar-refractivity contribution in [3.63, 3.8) is 0 Å². The molecule has 0 aliphatic heterocycles. The Morgan fingerprint density at radius 3 is 2.08 bits per heavy atom. The first kappa shape index (κ1) is 15.9. The zero-order chi connectivity index (χ0) is 17.1. The zero-order valence-electron chi connectivity index (χ0n) is 13.7. The first-order valence-electron chi connectivity index (χ1n) is 8.26. The molecule has 0 spiro atoms. The summed E-state index contributed by atoms with van der Waals surface area (Å²) < 4.78 is 7.00. The van der Waals surface area contributed by atoms with Gasteiger partial charge in [0, 0.05) is 4.47 Å². The lowest BCUT2D eigenvalue weighted by Gasteiger charge is -2.10. The van der Waals surface area contributed by atoms with Gasteiger partial charge in [-0.05, 0) is 45.7 Å². The molecule has 2 heteroatoms. The van der Waals surface area contributed by atoms with E-state index in [2.05, 4.69) is 76.6 Å². The molecule has 0 saturated heterocycles. The van der Waals surface area contributed by atoms with Crippen LogP contribution in [-0.2, 0) is 6.61 Å². The maximum Gasteiger partial charge on any atom is 0.119 e. The van der Waals surface area contributed by atoms with Crippen LogP contribution in [0.2, 0.25) is 0 Å². The smallest absolute Gasteiger partial charge is 0.119 e. The third-order valence-corrected chi connectivity index (χ3v) is 4.98. The van der Waals surface area contributed by atoms with Crippen LogP contribution in [0, 0.1) is 0 Å². The molecule has 25 heavy (non-hydrogen) atoms. The molecule has 122 valence electrons. The predicted octanol–water partition coefficient (Wildman–Crippen LogP) is 6.85. The molecule has 0 aliphatic rings. The maximum atomic E-state index is 5.88. The average Bonchev–Trinajstić information content (AvgIpc) is 2.68. The van der Waals surface area contributed by atoms with Crippen molar-refractivity contribution in [2.75, 3.05) is 0 Å². The highest BCUT2D eigenvalue weighted by atomic mass is 79.9. The number of ether oxygens (including phenoxy) is 1. The predicted molar refractivity (Wildman–Crippen MR) is 108 cm³/mol. The van der Waals surface area contributed by atoms with E-state index in [0.29, 0.717) is 6.61 Å². The van der Waals surface area contributed by atoms with E-state index in [1.165, 1.54) is 27.5 Å². The summed E-state index contributed by atoms with van der Waals surface area (Å²) in [5, 5.41) is 2.47. The number of hydrogen-bond acceptors (Lipinski definition) is 1. The van der Waals surface area contributed by atoms with Gasteiger partial charge in [-0.2, -0.15) is 0 Å². The fourth-order valence-electron chi connectivity index (χ4n) is 2.99. The van der Waals surface area contributed by atoms with Crippen LogP contribution in [0.3, 0.4) is 0 Å². The van der Waals surface area contributed by atoms with Crippen LogP contribution < -0.4 is 4.74 Å². The van der Waals surface area contributed by atoms with Crippen LogP contribution in [0.1, 0.15) is 5.56 Å². The second kappa shape index (κ2) is 7.12. The minimum absolute atomic E-state index is 0.585. The van der Waals surface area contributed by atoms with Gasteiger partial charge in [0.2, 0.25) is 0 Å². The molecule has 0 bridgehead atoms. The quantitative estimate of drug-likeness (QED) is 0.371. The van der Waals surface area contributed by atoms with E-state index in [4.69, 9.17) is 4.74 Å². The lowest BCUT2D eigenvalue weighted by molar-refractivity contribution is 0.306. The van der Waals surface area contributed by atoms with Crippen molar-refractivity contribution in [2.24, 2.45) is 0 Å². The molecule has 0 radical (unpaired) electrons. The van der Waals surface area contributed by atoms with E-state index in [-0.39, 0.29) is 0 Å². The van der Waals surface area contributed by atoms with Crippen molar-refractivity contribution >= 4 is 26.7 Å². The topological polar surface area (TPSA) is 9.23 Å². The Hall–Kier alpha value is -2.58. The SMILES string of the molecule is Brc1ccc(-c2ccc(OCc3ccccc3)cc2)c2ccccc12. The minimum Gasteiger partial charge on any atom is -0.489 e. The minimum atomic E-state index is 0.585. The molecule has 4 aromatic carbocycles. The van der Waals surface area contributed by atoms with Crippen LogP contribution in [0.25, 0.3) is 21.9 Å². The highest BCUT2D eigenvalue weighted by Crippen LogP contribution is 2.33. The average molecular weight is 389 g/mol. The highest BCUT2D eigenvalue weighted by Gasteiger charge is 2.06. The third-order valence-electron chi connectivity index (χ3n) is 4.28. The largest absolute Gasteiger partial charge is 0.489 e. The summed E-state index contributed by atoms with van der Waals surface area (Å²) in [6.07, 6.45) is 0. The summed E-state index contributed by atoms with van der Waals surface area (Å²) in [4.78, 5) is 0. The Morgan fingerprint density at radius 2 is 1.32 bits per heavy atom. The molecule has 0 aliphatic carbocycles. The van der Waals surface area contributed by atoms with Crippen molar-refractivity contribution in [2.45, 2.75) is 6.61 Å². The van der Waals surface area contributed by atoms with Crippen molar-refractivity contribution in [3.05, 3.63) is 101 Å². The number of benzene rings is 4. The fourth-order valence-corrected chi connectivity index (χ4v) is 3.46. The van der Waals surface area contributed by atoms with Gasteiger partial charge >= 0.3 is 0 Å². The molecular weight excluding hydrogens is 372 g/mol. The third kappa shape index (κ3) is 3.45. The summed E-state index contributed by atoms with van der Waals surface area (Å²) in [6, 6.07) is 31.2. The first-order valence-corrected chi connectivity index (χ1v) is 9.05. The number of halogens is 1. The molecule has 0 saturated carbocycles. The highest BCUT2D eigenvalue weighted by molar-refractivity contribution is 9.10. The summed E-state index contributed by atoms with van der Waals surface area (Å²) in [7, 11) is 0. The van der Waals surface area contributed by atoms with Gasteiger partial charge < -0.3 is 4.74 Å². The van der Waals surface area contributed by atoms with E-state index >= 15 is 0 Å². The van der Waals surface area contributed by atoms with E-state index in [1.807, 2.05) is 30.3 Å². The van der Waals surface area contributed by atoms with Gasteiger partial charge in [0.1, 0.15) is 12.4 Å². The van der Waals surface area contributed by atoms with Crippen LogP contribution in [0.4, 0.5) is 0 Å². The Morgan fingerprint density at radius 1 is 0.640 bits per heavy atom. The van der Waals surface area contributed by atoms with E-state index in [9.17, 15) is 0 Å². The van der Waals surface area contributed by atoms with Crippen LogP contribution in [-0.4, -0.2) is 0 Å². The molecule has 0 unspecified atom stereocenters. The fraction of sp³-hybridized carbons (Fsp3) is 0.0435. The van der Waals surface area contributed by atoms with Crippen LogP contribution in [0.5, 0.6) is 5.75 Å². The lowest BCUT2D eigenvalue weighted by Crippen LogP contribution is -1.94. The Balaban J connectivity index is 1.59. The first-order chi connectivity index (χ1) is 12.3. The van der Waals surface area contributed by atoms with Gasteiger partial charge in [-0.15, -0.1) is 0 Å². The summed E-state index contributed by atoms with van der Waals surface area (Å²) in [6.45, 7) is 0.585.